The standard InChI is InChI=1S/C12H19NO3S/c1-13-7-9(14)8-5-6-10(15-2)12(17-4)11(8)16-3/h5-6,9,13-14H,7H2,1-4H3. The van der Waals surface area contributed by atoms with E-state index in [1.54, 1.807) is 21.3 Å². The normalized spacial score (nSPS) is 12.3. The Balaban J connectivity index is 3.22. The molecule has 0 aliphatic heterocycles. The largest absolute Gasteiger partial charge is 0.495 e. The van der Waals surface area contributed by atoms with Crippen LogP contribution in [0.5, 0.6) is 11.5 Å². The summed E-state index contributed by atoms with van der Waals surface area (Å²) in [7, 11) is 5.02. The van der Waals surface area contributed by atoms with E-state index in [4.69, 9.17) is 9.47 Å². The summed E-state index contributed by atoms with van der Waals surface area (Å²) in [6.07, 6.45) is 1.36. The van der Waals surface area contributed by atoms with Crippen LogP contribution in [-0.4, -0.2) is 39.2 Å². The number of aliphatic hydroxyl groups excluding tert-OH is 1. The topological polar surface area (TPSA) is 50.7 Å². The van der Waals surface area contributed by atoms with Gasteiger partial charge in [-0.1, -0.05) is 0 Å². The Morgan fingerprint density at radius 1 is 1.35 bits per heavy atom. The predicted octanol–water partition coefficient (Wildman–Crippen LogP) is 1.68. The molecule has 17 heavy (non-hydrogen) atoms. The van der Waals surface area contributed by atoms with Crippen molar-refractivity contribution in [1.29, 1.82) is 0 Å². The minimum absolute atomic E-state index is 0.483. The monoisotopic (exact) mass is 257 g/mol. The van der Waals surface area contributed by atoms with Gasteiger partial charge in [0.2, 0.25) is 0 Å². The third-order valence-corrected chi connectivity index (χ3v) is 3.29. The summed E-state index contributed by atoms with van der Waals surface area (Å²) < 4.78 is 10.7. The van der Waals surface area contributed by atoms with Crippen molar-refractivity contribution in [2.45, 2.75) is 11.0 Å². The van der Waals surface area contributed by atoms with Gasteiger partial charge in [0.15, 0.2) is 0 Å². The highest BCUT2D eigenvalue weighted by molar-refractivity contribution is 7.98. The van der Waals surface area contributed by atoms with Gasteiger partial charge in [-0.3, -0.25) is 0 Å². The number of nitrogens with one attached hydrogen (secondary N) is 1. The van der Waals surface area contributed by atoms with E-state index in [1.807, 2.05) is 18.4 Å². The van der Waals surface area contributed by atoms with Crippen LogP contribution >= 0.6 is 11.8 Å². The lowest BCUT2D eigenvalue weighted by molar-refractivity contribution is 0.172. The first-order valence-corrected chi connectivity index (χ1v) is 6.53. The SMILES string of the molecule is CNCC(O)c1ccc(OC)c(SC)c1OC. The first-order chi connectivity index (χ1) is 8.19. The number of thioether (sulfide) groups is 1. The van der Waals surface area contributed by atoms with E-state index in [0.29, 0.717) is 12.3 Å². The second-order valence-electron chi connectivity index (χ2n) is 3.50. The quantitative estimate of drug-likeness (QED) is 0.759. The van der Waals surface area contributed by atoms with Crippen LogP contribution in [-0.2, 0) is 0 Å². The Labute approximate surface area is 106 Å². The molecular formula is C12H19NO3S. The molecule has 0 fully saturated rings. The van der Waals surface area contributed by atoms with Crippen LogP contribution in [0.15, 0.2) is 17.0 Å². The molecule has 1 rings (SSSR count). The number of benzene rings is 1. The smallest absolute Gasteiger partial charge is 0.142 e. The fraction of sp³-hybridized carbons (Fsp3) is 0.500. The molecule has 96 valence electrons. The van der Waals surface area contributed by atoms with Crippen molar-refractivity contribution in [2.75, 3.05) is 34.1 Å². The second kappa shape index (κ2) is 6.74. The zero-order valence-corrected chi connectivity index (χ0v) is 11.4. The molecule has 0 saturated heterocycles. The Morgan fingerprint density at radius 2 is 2.06 bits per heavy atom. The molecule has 0 aliphatic carbocycles. The molecule has 0 aromatic heterocycles. The van der Waals surface area contributed by atoms with E-state index in [2.05, 4.69) is 5.32 Å². The summed E-state index contributed by atoms with van der Waals surface area (Å²) in [4.78, 5) is 0.905. The van der Waals surface area contributed by atoms with Crippen LogP contribution < -0.4 is 14.8 Å². The van der Waals surface area contributed by atoms with Crippen LogP contribution in [0.3, 0.4) is 0 Å². The fourth-order valence-corrected chi connectivity index (χ4v) is 2.43. The molecular weight excluding hydrogens is 238 g/mol. The van der Waals surface area contributed by atoms with Crippen molar-refractivity contribution in [1.82, 2.24) is 5.32 Å². The van der Waals surface area contributed by atoms with Gasteiger partial charge in [-0.2, -0.15) is 0 Å². The maximum absolute atomic E-state index is 10.0. The number of rotatable bonds is 6. The number of hydrogen-bond acceptors (Lipinski definition) is 5. The van der Waals surface area contributed by atoms with Crippen molar-refractivity contribution in [3.8, 4) is 11.5 Å². The van der Waals surface area contributed by atoms with Crippen LogP contribution in [0.25, 0.3) is 0 Å². The van der Waals surface area contributed by atoms with E-state index >= 15 is 0 Å². The number of ether oxygens (including phenoxy) is 2. The van der Waals surface area contributed by atoms with Gasteiger partial charge in [-0.15, -0.1) is 11.8 Å². The maximum Gasteiger partial charge on any atom is 0.142 e. The van der Waals surface area contributed by atoms with Gasteiger partial charge in [0.05, 0.1) is 25.2 Å². The summed E-state index contributed by atoms with van der Waals surface area (Å²) >= 11 is 1.54. The summed E-state index contributed by atoms with van der Waals surface area (Å²) in [5.74, 6) is 1.44. The molecule has 2 N–H and O–H groups in total. The second-order valence-corrected chi connectivity index (χ2v) is 4.31. The van der Waals surface area contributed by atoms with E-state index < -0.39 is 6.10 Å². The van der Waals surface area contributed by atoms with Gasteiger partial charge in [0.1, 0.15) is 11.5 Å². The third kappa shape index (κ3) is 3.06. The predicted molar refractivity (Wildman–Crippen MR) is 70.2 cm³/mol. The molecule has 4 nitrogen and oxygen atoms in total. The molecule has 0 saturated carbocycles. The van der Waals surface area contributed by atoms with Crippen LogP contribution in [0.1, 0.15) is 11.7 Å². The fourth-order valence-electron chi connectivity index (χ4n) is 1.69. The van der Waals surface area contributed by atoms with E-state index in [-0.39, 0.29) is 0 Å². The van der Waals surface area contributed by atoms with E-state index in [1.165, 1.54) is 11.8 Å². The number of methoxy groups -OCH3 is 2. The van der Waals surface area contributed by atoms with Gasteiger partial charge in [-0.25, -0.2) is 0 Å². The first kappa shape index (κ1) is 14.2. The van der Waals surface area contributed by atoms with Crippen molar-refractivity contribution in [3.63, 3.8) is 0 Å². The molecule has 0 bridgehead atoms. The van der Waals surface area contributed by atoms with Crippen LogP contribution in [0.4, 0.5) is 0 Å². The lowest BCUT2D eigenvalue weighted by Crippen LogP contribution is -2.17. The van der Waals surface area contributed by atoms with Crippen molar-refractivity contribution >= 4 is 11.8 Å². The Hall–Kier alpha value is -0.910. The molecule has 1 atom stereocenters. The summed E-state index contributed by atoms with van der Waals surface area (Å²) in [6.45, 7) is 0.483. The number of aliphatic hydroxyl groups is 1. The van der Waals surface area contributed by atoms with Crippen LogP contribution in [0.2, 0.25) is 0 Å². The van der Waals surface area contributed by atoms with Gasteiger partial charge in [-0.05, 0) is 25.4 Å². The zero-order valence-electron chi connectivity index (χ0n) is 10.6. The molecule has 0 amide bonds. The molecule has 0 aliphatic rings. The van der Waals surface area contributed by atoms with E-state index in [9.17, 15) is 5.11 Å². The third-order valence-electron chi connectivity index (χ3n) is 2.49. The Kier molecular flexibility index (Phi) is 5.61. The zero-order chi connectivity index (χ0) is 12.8. The first-order valence-electron chi connectivity index (χ1n) is 5.31. The summed E-state index contributed by atoms with van der Waals surface area (Å²) in [5.41, 5.74) is 0.770. The summed E-state index contributed by atoms with van der Waals surface area (Å²) in [6, 6.07) is 3.68. The highest BCUT2D eigenvalue weighted by atomic mass is 32.2. The Morgan fingerprint density at radius 3 is 2.53 bits per heavy atom. The van der Waals surface area contributed by atoms with Crippen LogP contribution in [0, 0.1) is 0 Å². The van der Waals surface area contributed by atoms with E-state index in [0.717, 1.165) is 16.2 Å². The molecule has 0 radical (unpaired) electrons. The van der Waals surface area contributed by atoms with Crippen molar-refractivity contribution in [3.05, 3.63) is 17.7 Å². The van der Waals surface area contributed by atoms with Crippen molar-refractivity contribution < 1.29 is 14.6 Å². The lowest BCUT2D eigenvalue weighted by atomic mass is 10.1. The maximum atomic E-state index is 10.0. The average Bonchev–Trinajstić information content (AvgIpc) is 2.36. The lowest BCUT2D eigenvalue weighted by Gasteiger charge is -2.18. The minimum Gasteiger partial charge on any atom is -0.495 e. The van der Waals surface area contributed by atoms with Crippen molar-refractivity contribution in [2.24, 2.45) is 0 Å². The summed E-state index contributed by atoms with van der Waals surface area (Å²) in [5, 5.41) is 13.0. The average molecular weight is 257 g/mol. The molecule has 0 spiro atoms. The van der Waals surface area contributed by atoms with Gasteiger partial charge in [0.25, 0.3) is 0 Å². The molecule has 5 heteroatoms. The molecule has 1 aromatic rings. The molecule has 0 heterocycles. The van der Waals surface area contributed by atoms with Gasteiger partial charge >= 0.3 is 0 Å². The number of likely N-dealkylation sites (N-methyl/N-ethyl adjacent to an activating group) is 1. The van der Waals surface area contributed by atoms with Gasteiger partial charge < -0.3 is 19.9 Å². The highest BCUT2D eigenvalue weighted by Crippen LogP contribution is 2.41. The number of hydrogen-bond donors (Lipinski definition) is 2. The van der Waals surface area contributed by atoms with Gasteiger partial charge in [0, 0.05) is 12.1 Å². The minimum atomic E-state index is -0.591. The molecule has 1 unspecified atom stereocenters. The highest BCUT2D eigenvalue weighted by Gasteiger charge is 2.19. The Bertz CT molecular complexity index is 371. The molecule has 1 aromatic carbocycles.